The minimum Gasteiger partial charge on any atom is -0.467 e. The van der Waals surface area contributed by atoms with Crippen molar-refractivity contribution >= 4 is 47.0 Å². The number of rotatable bonds is 6. The number of benzene rings is 2. The lowest BCUT2D eigenvalue weighted by Gasteiger charge is -2.23. The number of hydrogen-bond acceptors (Lipinski definition) is 6. The van der Waals surface area contributed by atoms with Gasteiger partial charge in [0.25, 0.3) is 5.91 Å². The van der Waals surface area contributed by atoms with Crippen molar-refractivity contribution in [3.05, 3.63) is 88.9 Å². The van der Waals surface area contributed by atoms with E-state index >= 15 is 0 Å². The number of anilines is 1. The zero-order chi connectivity index (χ0) is 25.4. The Bertz CT molecular complexity index is 1500. The number of pyridine rings is 1. The molecule has 0 spiro atoms. The summed E-state index contributed by atoms with van der Waals surface area (Å²) in [4.78, 5) is 36.8. The molecule has 1 atom stereocenters. The SMILES string of the molecule is COC(=O)C1Cc2ccccc2N1C(=O)c1cnc2c(c1)nc(CCc1ccc(C(=N)N)cc1)n2C.Cl. The van der Waals surface area contributed by atoms with Crippen LogP contribution in [0.4, 0.5) is 5.69 Å². The van der Waals surface area contributed by atoms with Crippen LogP contribution in [0.25, 0.3) is 11.2 Å². The molecule has 1 aliphatic rings. The van der Waals surface area contributed by atoms with Crippen molar-refractivity contribution in [2.45, 2.75) is 25.3 Å². The van der Waals surface area contributed by atoms with Gasteiger partial charge in [-0.1, -0.05) is 42.5 Å². The van der Waals surface area contributed by atoms with E-state index in [1.165, 1.54) is 18.2 Å². The number of aryl methyl sites for hydroxylation is 3. The number of halogens is 1. The summed E-state index contributed by atoms with van der Waals surface area (Å²) >= 11 is 0. The summed E-state index contributed by atoms with van der Waals surface area (Å²) in [6, 6.07) is 16.1. The highest BCUT2D eigenvalue weighted by molar-refractivity contribution is 6.11. The summed E-state index contributed by atoms with van der Waals surface area (Å²) in [5, 5.41) is 7.52. The number of esters is 1. The predicted octanol–water partition coefficient (Wildman–Crippen LogP) is 3.20. The molecule has 1 unspecified atom stereocenters. The molecule has 3 heterocycles. The lowest BCUT2D eigenvalue weighted by molar-refractivity contribution is -0.141. The maximum absolute atomic E-state index is 13.6. The van der Waals surface area contributed by atoms with Crippen molar-refractivity contribution in [1.82, 2.24) is 14.5 Å². The van der Waals surface area contributed by atoms with Crippen LogP contribution >= 0.6 is 12.4 Å². The van der Waals surface area contributed by atoms with Gasteiger partial charge >= 0.3 is 5.97 Å². The fraction of sp³-hybridized carbons (Fsp3) is 0.222. The molecule has 10 heteroatoms. The van der Waals surface area contributed by atoms with Gasteiger partial charge in [0.05, 0.1) is 12.7 Å². The molecular weight excluding hydrogens is 492 g/mol. The number of imidazole rings is 1. The zero-order valence-electron chi connectivity index (χ0n) is 20.5. The Kier molecular flexibility index (Phi) is 7.26. The molecule has 2 aromatic heterocycles. The van der Waals surface area contributed by atoms with Gasteiger partial charge < -0.3 is 15.0 Å². The number of nitrogens with zero attached hydrogens (tertiary/aromatic N) is 4. The van der Waals surface area contributed by atoms with E-state index in [-0.39, 0.29) is 24.1 Å². The van der Waals surface area contributed by atoms with E-state index in [0.29, 0.717) is 40.8 Å². The number of nitrogen functional groups attached to an aromatic ring is 1. The van der Waals surface area contributed by atoms with Crippen LogP contribution in [0.3, 0.4) is 0 Å². The normalized spacial score (nSPS) is 14.2. The highest BCUT2D eigenvalue weighted by Gasteiger charge is 2.39. The number of para-hydroxylation sites is 1. The molecule has 1 aliphatic heterocycles. The minimum absolute atomic E-state index is 0. The monoisotopic (exact) mass is 518 g/mol. The van der Waals surface area contributed by atoms with Crippen LogP contribution in [0, 0.1) is 5.41 Å². The first-order valence-electron chi connectivity index (χ1n) is 11.6. The summed E-state index contributed by atoms with van der Waals surface area (Å²) < 4.78 is 6.90. The molecule has 37 heavy (non-hydrogen) atoms. The number of carbonyl (C=O) groups excluding carboxylic acids is 2. The second-order valence-electron chi connectivity index (χ2n) is 8.81. The number of hydrogen-bond donors (Lipinski definition) is 2. The van der Waals surface area contributed by atoms with Crippen molar-refractivity contribution in [3.63, 3.8) is 0 Å². The van der Waals surface area contributed by atoms with E-state index in [0.717, 1.165) is 23.4 Å². The topological polar surface area (TPSA) is 127 Å². The Morgan fingerprint density at radius 3 is 2.54 bits per heavy atom. The summed E-state index contributed by atoms with van der Waals surface area (Å²) in [6.07, 6.45) is 3.38. The molecule has 190 valence electrons. The fourth-order valence-corrected chi connectivity index (χ4v) is 4.67. The third-order valence-corrected chi connectivity index (χ3v) is 6.62. The van der Waals surface area contributed by atoms with Crippen molar-refractivity contribution in [2.24, 2.45) is 12.8 Å². The van der Waals surface area contributed by atoms with Gasteiger partial charge in [0.15, 0.2) is 5.65 Å². The molecule has 5 rings (SSSR count). The molecule has 3 N–H and O–H groups in total. The van der Waals surface area contributed by atoms with E-state index in [4.69, 9.17) is 20.9 Å². The maximum atomic E-state index is 13.6. The largest absolute Gasteiger partial charge is 0.467 e. The Morgan fingerprint density at radius 1 is 1.11 bits per heavy atom. The Morgan fingerprint density at radius 2 is 1.84 bits per heavy atom. The molecule has 4 aromatic rings. The quantitative estimate of drug-likeness (QED) is 0.229. The molecule has 0 bridgehead atoms. The maximum Gasteiger partial charge on any atom is 0.329 e. The van der Waals surface area contributed by atoms with Gasteiger partial charge in [-0.2, -0.15) is 0 Å². The summed E-state index contributed by atoms with van der Waals surface area (Å²) in [5.74, 6) is 0.118. The van der Waals surface area contributed by atoms with Crippen LogP contribution in [-0.4, -0.2) is 45.4 Å². The number of nitrogens with two attached hydrogens (primary N) is 1. The van der Waals surface area contributed by atoms with Gasteiger partial charge in [0.2, 0.25) is 0 Å². The molecule has 0 saturated carbocycles. The van der Waals surface area contributed by atoms with Crippen LogP contribution in [-0.2, 0) is 35.8 Å². The average molecular weight is 519 g/mol. The molecule has 1 amide bonds. The molecular formula is C27H27ClN6O3. The van der Waals surface area contributed by atoms with Crippen LogP contribution in [0.1, 0.15) is 32.9 Å². The molecule has 0 fully saturated rings. The fourth-order valence-electron chi connectivity index (χ4n) is 4.67. The van der Waals surface area contributed by atoms with Crippen molar-refractivity contribution in [1.29, 1.82) is 5.41 Å². The van der Waals surface area contributed by atoms with Crippen LogP contribution in [0.2, 0.25) is 0 Å². The Hall–Kier alpha value is -4.24. The number of fused-ring (bicyclic) bond motifs is 2. The van der Waals surface area contributed by atoms with E-state index in [1.54, 1.807) is 6.07 Å². The molecule has 2 aromatic carbocycles. The average Bonchev–Trinajstić information content (AvgIpc) is 3.44. The third-order valence-electron chi connectivity index (χ3n) is 6.62. The smallest absolute Gasteiger partial charge is 0.329 e. The van der Waals surface area contributed by atoms with Crippen molar-refractivity contribution < 1.29 is 14.3 Å². The van der Waals surface area contributed by atoms with Gasteiger partial charge in [-0.15, -0.1) is 12.4 Å². The first-order chi connectivity index (χ1) is 17.4. The minimum atomic E-state index is -0.718. The van der Waals surface area contributed by atoms with Crippen molar-refractivity contribution in [3.8, 4) is 0 Å². The van der Waals surface area contributed by atoms with E-state index in [1.807, 2.05) is 60.1 Å². The highest BCUT2D eigenvalue weighted by atomic mass is 35.5. The van der Waals surface area contributed by atoms with Crippen molar-refractivity contribution in [2.75, 3.05) is 12.0 Å². The number of aromatic nitrogens is 3. The number of ether oxygens (including phenoxy) is 1. The van der Waals surface area contributed by atoms with E-state index < -0.39 is 12.0 Å². The van der Waals surface area contributed by atoms with Gasteiger partial charge in [0, 0.05) is 37.3 Å². The number of carbonyl (C=O) groups is 2. The molecule has 0 saturated heterocycles. The third kappa shape index (κ3) is 4.77. The van der Waals surface area contributed by atoms with Crippen LogP contribution in [0.5, 0.6) is 0 Å². The summed E-state index contributed by atoms with van der Waals surface area (Å²) in [6.45, 7) is 0. The Labute approximate surface area is 220 Å². The van der Waals surface area contributed by atoms with Gasteiger partial charge in [0.1, 0.15) is 23.2 Å². The van der Waals surface area contributed by atoms with E-state index in [9.17, 15) is 9.59 Å². The first kappa shape index (κ1) is 25.8. The number of methoxy groups -OCH3 is 1. The zero-order valence-corrected chi connectivity index (χ0v) is 21.3. The lowest BCUT2D eigenvalue weighted by Crippen LogP contribution is -2.43. The number of nitrogens with one attached hydrogen (secondary N) is 1. The second-order valence-corrected chi connectivity index (χ2v) is 8.81. The van der Waals surface area contributed by atoms with Gasteiger partial charge in [-0.3, -0.25) is 15.1 Å². The van der Waals surface area contributed by atoms with Crippen LogP contribution in [0.15, 0.2) is 60.8 Å². The van der Waals surface area contributed by atoms with E-state index in [2.05, 4.69) is 4.98 Å². The standard InChI is InChI=1S/C27H26N6O3.ClH/c1-32-23(12-9-16-7-10-17(11-8-16)24(28)29)31-20-13-19(15-30-25(20)32)26(34)33-21-6-4-3-5-18(21)14-22(33)27(35)36-2;/h3-8,10-11,13,15,22H,9,12,14H2,1-2H3,(H3,28,29);1H. The second kappa shape index (κ2) is 10.4. The number of amidine groups is 1. The molecule has 9 nitrogen and oxygen atoms in total. The molecule has 0 radical (unpaired) electrons. The van der Waals surface area contributed by atoms with Crippen LogP contribution < -0.4 is 10.6 Å². The Balaban J connectivity index is 0.00000320. The highest BCUT2D eigenvalue weighted by Crippen LogP contribution is 2.34. The first-order valence-corrected chi connectivity index (χ1v) is 11.6. The predicted molar refractivity (Wildman–Crippen MR) is 143 cm³/mol. The number of amides is 1. The summed E-state index contributed by atoms with van der Waals surface area (Å²) in [7, 11) is 3.23. The summed E-state index contributed by atoms with van der Waals surface area (Å²) in [5.41, 5.74) is 10.6. The van der Waals surface area contributed by atoms with Gasteiger partial charge in [-0.05, 0) is 29.7 Å². The van der Waals surface area contributed by atoms with Gasteiger partial charge in [-0.25, -0.2) is 14.8 Å². The lowest BCUT2D eigenvalue weighted by atomic mass is 10.1. The molecule has 0 aliphatic carbocycles.